The summed E-state index contributed by atoms with van der Waals surface area (Å²) in [5.74, 6) is 1.46. The van der Waals surface area contributed by atoms with Crippen LogP contribution >= 0.6 is 34.4 Å². The molecule has 0 atom stereocenters. The predicted octanol–water partition coefficient (Wildman–Crippen LogP) is 6.50. The van der Waals surface area contributed by atoms with Gasteiger partial charge in [0.15, 0.2) is 11.5 Å². The number of carbonyl (C=O) groups excluding carboxylic acids is 2. The van der Waals surface area contributed by atoms with Crippen LogP contribution < -0.4 is 9.47 Å². The lowest BCUT2D eigenvalue weighted by Crippen LogP contribution is -2.34. The highest BCUT2D eigenvalue weighted by atomic mass is 127. The van der Waals surface area contributed by atoms with Crippen LogP contribution in [0.2, 0.25) is 0 Å². The van der Waals surface area contributed by atoms with Crippen molar-refractivity contribution in [1.29, 1.82) is 0 Å². The summed E-state index contributed by atoms with van der Waals surface area (Å²) >= 11 is 3.29. The quantitative estimate of drug-likeness (QED) is 0.285. The molecule has 1 heterocycles. The molecule has 0 radical (unpaired) electrons. The van der Waals surface area contributed by atoms with Gasteiger partial charge in [-0.15, -0.1) is 0 Å². The van der Waals surface area contributed by atoms with E-state index < -0.39 is 0 Å². The Bertz CT molecular complexity index is 1020. The molecule has 5 nitrogen and oxygen atoms in total. The molecule has 7 heteroatoms. The molecule has 0 unspecified atom stereocenters. The standard InChI is InChI=1S/C25H26INO4S/c1-30-22-13-19(9-12-21(22)31-16-18-7-10-20(26)11-8-18)14-23-24(28)27(25(29)32-23)15-17-5-3-2-4-6-17/h7-14,17H,2-6,15-16H2,1H3/b23-14+. The molecule has 1 saturated carbocycles. The van der Waals surface area contributed by atoms with Crippen LogP contribution in [0.5, 0.6) is 11.5 Å². The van der Waals surface area contributed by atoms with E-state index in [2.05, 4.69) is 22.6 Å². The van der Waals surface area contributed by atoms with E-state index in [1.807, 2.05) is 42.5 Å². The number of hydrogen-bond donors (Lipinski definition) is 0. The zero-order valence-electron chi connectivity index (χ0n) is 18.0. The molecule has 32 heavy (non-hydrogen) atoms. The first-order valence-corrected chi connectivity index (χ1v) is 12.7. The maximum Gasteiger partial charge on any atom is 0.293 e. The number of carbonyl (C=O) groups is 2. The Hall–Kier alpha value is -2.00. The van der Waals surface area contributed by atoms with Gasteiger partial charge in [-0.25, -0.2) is 0 Å². The van der Waals surface area contributed by atoms with Gasteiger partial charge < -0.3 is 9.47 Å². The molecule has 1 aliphatic carbocycles. The lowest BCUT2D eigenvalue weighted by atomic mass is 9.89. The average molecular weight is 563 g/mol. The zero-order chi connectivity index (χ0) is 22.5. The fourth-order valence-corrected chi connectivity index (χ4v) is 5.28. The number of halogens is 1. The molecular weight excluding hydrogens is 537 g/mol. The molecular formula is C25H26INO4S. The summed E-state index contributed by atoms with van der Waals surface area (Å²) in [7, 11) is 1.59. The number of amides is 2. The first kappa shape index (κ1) is 23.2. The fraction of sp³-hybridized carbons (Fsp3) is 0.360. The van der Waals surface area contributed by atoms with Gasteiger partial charge in [-0.05, 0) is 94.6 Å². The van der Waals surface area contributed by atoms with Crippen LogP contribution in [-0.2, 0) is 11.4 Å². The second-order valence-electron chi connectivity index (χ2n) is 8.12. The van der Waals surface area contributed by atoms with Crippen LogP contribution in [0.25, 0.3) is 6.08 Å². The third-order valence-corrected chi connectivity index (χ3v) is 7.46. The molecule has 0 N–H and O–H groups in total. The first-order valence-electron chi connectivity index (χ1n) is 10.8. The van der Waals surface area contributed by atoms with E-state index in [4.69, 9.17) is 9.47 Å². The molecule has 168 valence electrons. The smallest absolute Gasteiger partial charge is 0.293 e. The first-order chi connectivity index (χ1) is 15.5. The third-order valence-electron chi connectivity index (χ3n) is 5.83. The largest absolute Gasteiger partial charge is 0.493 e. The second-order valence-corrected chi connectivity index (χ2v) is 10.4. The minimum atomic E-state index is -0.191. The molecule has 0 aromatic heterocycles. The topological polar surface area (TPSA) is 55.8 Å². The number of nitrogens with zero attached hydrogens (tertiary/aromatic N) is 1. The van der Waals surface area contributed by atoms with Gasteiger partial charge in [0.1, 0.15) is 6.61 Å². The molecule has 2 amide bonds. The Labute approximate surface area is 206 Å². The lowest BCUT2D eigenvalue weighted by Gasteiger charge is -2.25. The Morgan fingerprint density at radius 1 is 1.06 bits per heavy atom. The summed E-state index contributed by atoms with van der Waals surface area (Å²) in [6.45, 7) is 0.976. The summed E-state index contributed by atoms with van der Waals surface area (Å²) in [4.78, 5) is 27.2. The summed E-state index contributed by atoms with van der Waals surface area (Å²) in [5, 5.41) is -0.170. The zero-order valence-corrected chi connectivity index (χ0v) is 21.0. The molecule has 2 fully saturated rings. The van der Waals surface area contributed by atoms with E-state index >= 15 is 0 Å². The molecule has 2 aliphatic rings. The van der Waals surface area contributed by atoms with Gasteiger partial charge in [0.25, 0.3) is 11.1 Å². The van der Waals surface area contributed by atoms with Gasteiger partial charge in [0, 0.05) is 10.1 Å². The van der Waals surface area contributed by atoms with Gasteiger partial charge in [-0.2, -0.15) is 0 Å². The summed E-state index contributed by atoms with van der Waals surface area (Å²) < 4.78 is 12.6. The van der Waals surface area contributed by atoms with Crippen LogP contribution in [0.1, 0.15) is 43.2 Å². The SMILES string of the molecule is COc1cc(/C=C2/SC(=O)N(CC3CCCCC3)C2=O)ccc1OCc1ccc(I)cc1. The Balaban J connectivity index is 1.44. The number of methoxy groups -OCH3 is 1. The average Bonchev–Trinajstić information content (AvgIpc) is 3.07. The number of ether oxygens (including phenoxy) is 2. The third kappa shape index (κ3) is 5.67. The van der Waals surface area contributed by atoms with Crippen molar-refractivity contribution >= 4 is 51.6 Å². The Kier molecular flexibility index (Phi) is 7.78. The minimum absolute atomic E-state index is 0.170. The summed E-state index contributed by atoms with van der Waals surface area (Å²) in [6, 6.07) is 13.7. The number of benzene rings is 2. The Morgan fingerprint density at radius 2 is 1.81 bits per heavy atom. The maximum atomic E-state index is 12.9. The van der Waals surface area contributed by atoms with Gasteiger partial charge in [0.05, 0.1) is 12.0 Å². The number of hydrogen-bond acceptors (Lipinski definition) is 5. The van der Waals surface area contributed by atoms with Crippen molar-refractivity contribution in [3.8, 4) is 11.5 Å². The highest BCUT2D eigenvalue weighted by Crippen LogP contribution is 2.36. The van der Waals surface area contributed by atoms with Crippen molar-refractivity contribution in [2.45, 2.75) is 38.7 Å². The summed E-state index contributed by atoms with van der Waals surface area (Å²) in [5.41, 5.74) is 1.87. The van der Waals surface area contributed by atoms with Crippen molar-refractivity contribution in [1.82, 2.24) is 4.90 Å². The molecule has 0 spiro atoms. The van der Waals surface area contributed by atoms with Gasteiger partial charge in [-0.1, -0.05) is 37.5 Å². The second kappa shape index (κ2) is 10.7. The fourth-order valence-electron chi connectivity index (χ4n) is 4.07. The minimum Gasteiger partial charge on any atom is -0.493 e. The molecule has 0 bridgehead atoms. The highest BCUT2D eigenvalue weighted by molar-refractivity contribution is 14.1. The molecule has 2 aromatic carbocycles. The van der Waals surface area contributed by atoms with Crippen LogP contribution in [0.15, 0.2) is 47.4 Å². The van der Waals surface area contributed by atoms with Gasteiger partial charge in [-0.3, -0.25) is 14.5 Å². The van der Waals surface area contributed by atoms with Crippen molar-refractivity contribution in [3.05, 3.63) is 62.1 Å². The van der Waals surface area contributed by atoms with Crippen LogP contribution in [0, 0.1) is 9.49 Å². The Morgan fingerprint density at radius 3 is 2.53 bits per heavy atom. The van der Waals surface area contributed by atoms with Crippen LogP contribution in [0.4, 0.5) is 4.79 Å². The normalized spacial score (nSPS) is 18.4. The van der Waals surface area contributed by atoms with E-state index in [9.17, 15) is 9.59 Å². The molecule has 2 aromatic rings. The summed E-state index contributed by atoms with van der Waals surface area (Å²) in [6.07, 6.45) is 7.59. The molecule has 1 saturated heterocycles. The number of thioether (sulfide) groups is 1. The maximum absolute atomic E-state index is 12.9. The van der Waals surface area contributed by atoms with E-state index in [0.29, 0.717) is 35.5 Å². The van der Waals surface area contributed by atoms with Crippen molar-refractivity contribution in [3.63, 3.8) is 0 Å². The number of imide groups is 1. The van der Waals surface area contributed by atoms with Gasteiger partial charge in [0.2, 0.25) is 0 Å². The van der Waals surface area contributed by atoms with Crippen molar-refractivity contribution in [2.75, 3.05) is 13.7 Å². The molecule has 1 aliphatic heterocycles. The van der Waals surface area contributed by atoms with E-state index in [-0.39, 0.29) is 11.1 Å². The van der Waals surface area contributed by atoms with Gasteiger partial charge >= 0.3 is 0 Å². The van der Waals surface area contributed by atoms with E-state index in [0.717, 1.165) is 35.7 Å². The van der Waals surface area contributed by atoms with Crippen molar-refractivity contribution < 1.29 is 19.1 Å². The number of rotatable bonds is 7. The van der Waals surface area contributed by atoms with Crippen LogP contribution in [0.3, 0.4) is 0 Å². The van der Waals surface area contributed by atoms with E-state index in [1.165, 1.54) is 27.7 Å². The monoisotopic (exact) mass is 563 g/mol. The predicted molar refractivity (Wildman–Crippen MR) is 136 cm³/mol. The lowest BCUT2D eigenvalue weighted by molar-refractivity contribution is -0.123. The molecule has 4 rings (SSSR count). The van der Waals surface area contributed by atoms with E-state index in [1.54, 1.807) is 13.2 Å². The highest BCUT2D eigenvalue weighted by Gasteiger charge is 2.36. The van der Waals surface area contributed by atoms with Crippen LogP contribution in [-0.4, -0.2) is 29.7 Å². The van der Waals surface area contributed by atoms with Crippen molar-refractivity contribution in [2.24, 2.45) is 5.92 Å².